The van der Waals surface area contributed by atoms with Gasteiger partial charge >= 0.3 is 0 Å². The summed E-state index contributed by atoms with van der Waals surface area (Å²) in [5.74, 6) is 0. The van der Waals surface area contributed by atoms with Gasteiger partial charge in [0, 0.05) is 10.0 Å². The van der Waals surface area contributed by atoms with Crippen LogP contribution in [0.3, 0.4) is 0 Å². The van der Waals surface area contributed by atoms with Gasteiger partial charge in [-0.05, 0) is 22.0 Å². The fourth-order valence-electron chi connectivity index (χ4n) is 0.723. The van der Waals surface area contributed by atoms with Crippen LogP contribution in [0, 0.1) is 0 Å². The maximum absolute atomic E-state index is 6.04. The first kappa shape index (κ1) is 11.5. The summed E-state index contributed by atoms with van der Waals surface area (Å²) >= 11 is 19.6. The van der Waals surface area contributed by atoms with Gasteiger partial charge in [-0.2, -0.15) is 0 Å². The molecule has 66 valence electrons. The summed E-state index contributed by atoms with van der Waals surface area (Å²) < 4.78 is 0.429. The first-order valence-corrected chi connectivity index (χ1v) is 6.49. The highest BCUT2D eigenvalue weighted by Crippen LogP contribution is 2.48. The van der Waals surface area contributed by atoms with Crippen LogP contribution in [0.4, 0.5) is 0 Å². The second kappa shape index (κ2) is 4.30. The average Bonchev–Trinajstić information content (AvgIpc) is 1.92. The molecular formula is C7H3Br4Cl. The molecule has 0 heterocycles. The Kier molecular flexibility index (Phi) is 4.12. The standard InChI is InChI=1S/C7H3Br4Cl/c8-5-3-1-2-4(6(5)12)7(9,10)11/h1-3H. The van der Waals surface area contributed by atoms with Crippen LogP contribution in [0.25, 0.3) is 0 Å². The Balaban J connectivity index is 3.26. The van der Waals surface area contributed by atoms with E-state index in [0.717, 1.165) is 10.0 Å². The molecule has 0 radical (unpaired) electrons. The molecule has 0 N–H and O–H groups in total. The minimum absolute atomic E-state index is 0.451. The van der Waals surface area contributed by atoms with Crippen molar-refractivity contribution in [3.8, 4) is 0 Å². The van der Waals surface area contributed by atoms with Gasteiger partial charge in [0.25, 0.3) is 0 Å². The van der Waals surface area contributed by atoms with E-state index in [0.29, 0.717) is 5.02 Å². The number of halogens is 5. The molecule has 12 heavy (non-hydrogen) atoms. The molecule has 0 aliphatic carbocycles. The lowest BCUT2D eigenvalue weighted by Crippen LogP contribution is -1.98. The van der Waals surface area contributed by atoms with E-state index < -0.39 is 2.14 Å². The molecule has 0 bridgehead atoms. The molecule has 0 aromatic heterocycles. The van der Waals surface area contributed by atoms with Crippen molar-refractivity contribution in [1.82, 2.24) is 0 Å². The van der Waals surface area contributed by atoms with E-state index in [2.05, 4.69) is 63.7 Å². The third-order valence-corrected chi connectivity index (χ3v) is 3.83. The third-order valence-electron chi connectivity index (χ3n) is 1.26. The zero-order chi connectivity index (χ0) is 9.35. The highest BCUT2D eigenvalue weighted by atomic mass is 80.0. The number of alkyl halides is 3. The first-order valence-electron chi connectivity index (χ1n) is 2.94. The van der Waals surface area contributed by atoms with Crippen molar-refractivity contribution >= 4 is 75.3 Å². The van der Waals surface area contributed by atoms with Crippen LogP contribution >= 0.6 is 75.3 Å². The van der Waals surface area contributed by atoms with Crippen LogP contribution in [0.2, 0.25) is 5.02 Å². The largest absolute Gasteiger partial charge is 0.161 e. The second-order valence-corrected chi connectivity index (χ2v) is 10.1. The topological polar surface area (TPSA) is 0 Å². The minimum atomic E-state index is -0.451. The molecule has 0 unspecified atom stereocenters. The lowest BCUT2D eigenvalue weighted by atomic mass is 10.2. The molecule has 0 atom stereocenters. The zero-order valence-electron chi connectivity index (χ0n) is 5.62. The highest BCUT2D eigenvalue weighted by molar-refractivity contribution is 9.38. The summed E-state index contributed by atoms with van der Waals surface area (Å²) in [6.45, 7) is 0. The van der Waals surface area contributed by atoms with Gasteiger partial charge in [0.05, 0.1) is 5.02 Å². The van der Waals surface area contributed by atoms with Crippen LogP contribution in [0.15, 0.2) is 22.7 Å². The maximum Gasteiger partial charge on any atom is 0.161 e. The average molecular weight is 442 g/mol. The van der Waals surface area contributed by atoms with Gasteiger partial charge in [0.2, 0.25) is 0 Å². The van der Waals surface area contributed by atoms with Crippen molar-refractivity contribution in [3.63, 3.8) is 0 Å². The number of hydrogen-bond acceptors (Lipinski definition) is 0. The van der Waals surface area contributed by atoms with Crippen molar-refractivity contribution in [1.29, 1.82) is 0 Å². The molecule has 0 nitrogen and oxygen atoms in total. The fourth-order valence-corrected chi connectivity index (χ4v) is 2.69. The lowest BCUT2D eigenvalue weighted by molar-refractivity contribution is 1.36. The van der Waals surface area contributed by atoms with Gasteiger partial charge in [0.1, 0.15) is 0 Å². The Morgan fingerprint density at radius 3 is 2.17 bits per heavy atom. The number of benzene rings is 1. The maximum atomic E-state index is 6.04. The monoisotopic (exact) mass is 438 g/mol. The van der Waals surface area contributed by atoms with Crippen molar-refractivity contribution in [3.05, 3.63) is 33.3 Å². The summed E-state index contributed by atoms with van der Waals surface area (Å²) in [5.41, 5.74) is 0.929. The van der Waals surface area contributed by atoms with Crippen molar-refractivity contribution < 1.29 is 0 Å². The van der Waals surface area contributed by atoms with Gasteiger partial charge in [0.15, 0.2) is 2.14 Å². The SMILES string of the molecule is Clc1c(Br)cccc1C(Br)(Br)Br. The van der Waals surface area contributed by atoms with E-state index in [1.54, 1.807) is 0 Å². The quantitative estimate of drug-likeness (QED) is 0.473. The van der Waals surface area contributed by atoms with Crippen molar-refractivity contribution in [2.75, 3.05) is 0 Å². The van der Waals surface area contributed by atoms with Gasteiger partial charge < -0.3 is 0 Å². The number of hydrogen-bond donors (Lipinski definition) is 0. The summed E-state index contributed by atoms with van der Waals surface area (Å²) in [4.78, 5) is 0. The molecule has 5 heteroatoms. The molecule has 0 fully saturated rings. The van der Waals surface area contributed by atoms with Crippen LogP contribution in [0.1, 0.15) is 5.56 Å². The van der Waals surface area contributed by atoms with E-state index in [9.17, 15) is 0 Å². The van der Waals surface area contributed by atoms with Gasteiger partial charge in [-0.25, -0.2) is 0 Å². The van der Waals surface area contributed by atoms with Crippen molar-refractivity contribution in [2.45, 2.75) is 2.14 Å². The molecular weight excluding hydrogens is 439 g/mol. The van der Waals surface area contributed by atoms with Gasteiger partial charge in [-0.3, -0.25) is 0 Å². The molecule has 1 rings (SSSR count). The van der Waals surface area contributed by atoms with E-state index in [1.165, 1.54) is 0 Å². The Morgan fingerprint density at radius 1 is 1.17 bits per heavy atom. The Labute approximate surface area is 110 Å². The smallest absolute Gasteiger partial charge is 0.0827 e. The highest BCUT2D eigenvalue weighted by Gasteiger charge is 2.24. The molecule has 0 aliphatic rings. The molecule has 1 aromatic carbocycles. The molecule has 0 aliphatic heterocycles. The Morgan fingerprint density at radius 2 is 1.75 bits per heavy atom. The lowest BCUT2D eigenvalue weighted by Gasteiger charge is -2.14. The number of rotatable bonds is 0. The van der Waals surface area contributed by atoms with E-state index in [-0.39, 0.29) is 0 Å². The van der Waals surface area contributed by atoms with Crippen LogP contribution in [0.5, 0.6) is 0 Å². The minimum Gasteiger partial charge on any atom is -0.0827 e. The second-order valence-electron chi connectivity index (χ2n) is 2.10. The molecule has 0 saturated carbocycles. The molecule has 0 spiro atoms. The molecule has 0 amide bonds. The van der Waals surface area contributed by atoms with E-state index >= 15 is 0 Å². The Bertz CT molecular complexity index is 292. The normalized spacial score (nSPS) is 11.8. The van der Waals surface area contributed by atoms with Crippen LogP contribution < -0.4 is 0 Å². The first-order chi connectivity index (χ1) is 5.43. The van der Waals surface area contributed by atoms with E-state index in [4.69, 9.17) is 11.6 Å². The Hall–Kier alpha value is 1.43. The molecule has 1 aromatic rings. The van der Waals surface area contributed by atoms with Gasteiger partial charge in [-0.15, -0.1) is 0 Å². The summed E-state index contributed by atoms with van der Waals surface area (Å²) in [6.07, 6.45) is 0. The predicted octanol–water partition coefficient (Wildman–Crippen LogP) is 5.40. The van der Waals surface area contributed by atoms with E-state index in [1.807, 2.05) is 18.2 Å². The summed E-state index contributed by atoms with van der Waals surface area (Å²) in [5, 5.41) is 0.683. The zero-order valence-corrected chi connectivity index (χ0v) is 12.7. The summed E-state index contributed by atoms with van der Waals surface area (Å²) in [7, 11) is 0. The van der Waals surface area contributed by atoms with Crippen LogP contribution in [-0.4, -0.2) is 0 Å². The molecule has 0 saturated heterocycles. The fraction of sp³-hybridized carbons (Fsp3) is 0.143. The van der Waals surface area contributed by atoms with Crippen LogP contribution in [-0.2, 0) is 2.14 Å². The van der Waals surface area contributed by atoms with Gasteiger partial charge in [-0.1, -0.05) is 71.5 Å². The predicted molar refractivity (Wildman–Crippen MR) is 67.6 cm³/mol. The van der Waals surface area contributed by atoms with Crippen molar-refractivity contribution in [2.24, 2.45) is 0 Å². The third kappa shape index (κ3) is 2.71. The summed E-state index contributed by atoms with van der Waals surface area (Å²) in [6, 6.07) is 5.74.